The van der Waals surface area contributed by atoms with Gasteiger partial charge >= 0.3 is 0 Å². The van der Waals surface area contributed by atoms with Gasteiger partial charge in [0.2, 0.25) is 0 Å². The number of aromatic nitrogens is 2. The highest BCUT2D eigenvalue weighted by molar-refractivity contribution is 6.31. The molecule has 0 saturated carbocycles. The molecule has 1 fully saturated rings. The van der Waals surface area contributed by atoms with Gasteiger partial charge in [0.1, 0.15) is 0 Å². The lowest BCUT2D eigenvalue weighted by atomic mass is 10.0. The molecule has 0 spiro atoms. The van der Waals surface area contributed by atoms with Crippen LogP contribution in [0.1, 0.15) is 31.0 Å². The van der Waals surface area contributed by atoms with Gasteiger partial charge < -0.3 is 15.4 Å². The Morgan fingerprint density at radius 2 is 2.37 bits per heavy atom. The maximum absolute atomic E-state index is 6.34. The van der Waals surface area contributed by atoms with Crippen LogP contribution in [0.15, 0.2) is 6.20 Å². The second-order valence-electron chi connectivity index (χ2n) is 5.33. The number of rotatable bonds is 5. The molecule has 108 valence electrons. The zero-order valence-corrected chi connectivity index (χ0v) is 12.4. The zero-order valence-electron chi connectivity index (χ0n) is 11.7. The van der Waals surface area contributed by atoms with Crippen molar-refractivity contribution in [2.75, 3.05) is 27.2 Å². The van der Waals surface area contributed by atoms with Crippen LogP contribution >= 0.6 is 11.6 Å². The fourth-order valence-electron chi connectivity index (χ4n) is 2.40. The molecule has 19 heavy (non-hydrogen) atoms. The average Bonchev–Trinajstić information content (AvgIpc) is 2.78. The topological polar surface area (TPSA) is 56.3 Å². The van der Waals surface area contributed by atoms with Crippen molar-refractivity contribution in [2.24, 2.45) is 5.73 Å². The standard InChI is InChI=1S/C13H23ClN4O/c1-17(2)6-7-18-13(10(14)9-16-18)12(15)11-5-3-4-8-19-11/h9,11-12H,3-8,15H2,1-2H3. The molecule has 2 N–H and O–H groups in total. The fourth-order valence-corrected chi connectivity index (χ4v) is 2.67. The monoisotopic (exact) mass is 286 g/mol. The molecule has 0 aromatic carbocycles. The van der Waals surface area contributed by atoms with E-state index in [4.69, 9.17) is 22.1 Å². The molecule has 2 heterocycles. The highest BCUT2D eigenvalue weighted by Crippen LogP contribution is 2.29. The molecular formula is C13H23ClN4O. The maximum Gasteiger partial charge on any atom is 0.0835 e. The van der Waals surface area contributed by atoms with Crippen LogP contribution in [0, 0.1) is 0 Å². The Morgan fingerprint density at radius 3 is 3.00 bits per heavy atom. The van der Waals surface area contributed by atoms with Crippen molar-refractivity contribution in [1.82, 2.24) is 14.7 Å². The van der Waals surface area contributed by atoms with Gasteiger partial charge in [-0.25, -0.2) is 0 Å². The van der Waals surface area contributed by atoms with Crippen LogP contribution in [0.5, 0.6) is 0 Å². The molecule has 1 saturated heterocycles. The van der Waals surface area contributed by atoms with Crippen LogP contribution in [0.25, 0.3) is 0 Å². The van der Waals surface area contributed by atoms with E-state index in [0.29, 0.717) is 5.02 Å². The van der Waals surface area contributed by atoms with Gasteiger partial charge in [0.15, 0.2) is 0 Å². The van der Waals surface area contributed by atoms with E-state index in [-0.39, 0.29) is 12.1 Å². The van der Waals surface area contributed by atoms with Gasteiger partial charge in [-0.15, -0.1) is 0 Å². The first-order chi connectivity index (χ1) is 9.09. The summed E-state index contributed by atoms with van der Waals surface area (Å²) in [6.07, 6.45) is 5.02. The first kappa shape index (κ1) is 14.8. The van der Waals surface area contributed by atoms with E-state index in [9.17, 15) is 0 Å². The van der Waals surface area contributed by atoms with Gasteiger partial charge in [0.05, 0.1) is 35.6 Å². The van der Waals surface area contributed by atoms with Crippen molar-refractivity contribution in [2.45, 2.75) is 38.0 Å². The summed E-state index contributed by atoms with van der Waals surface area (Å²) in [6, 6.07) is -0.197. The minimum atomic E-state index is -0.197. The van der Waals surface area contributed by atoms with Crippen LogP contribution in [0.3, 0.4) is 0 Å². The molecule has 1 aliphatic rings. The predicted molar refractivity (Wildman–Crippen MR) is 76.3 cm³/mol. The van der Waals surface area contributed by atoms with Crippen molar-refractivity contribution < 1.29 is 4.74 Å². The Hall–Kier alpha value is -0.620. The SMILES string of the molecule is CN(C)CCn1ncc(Cl)c1C(N)C1CCCCO1. The molecule has 1 aliphatic heterocycles. The summed E-state index contributed by atoms with van der Waals surface area (Å²) in [5.74, 6) is 0. The molecule has 2 unspecified atom stereocenters. The highest BCUT2D eigenvalue weighted by atomic mass is 35.5. The number of halogens is 1. The first-order valence-electron chi connectivity index (χ1n) is 6.82. The minimum Gasteiger partial charge on any atom is -0.376 e. The Balaban J connectivity index is 2.10. The Bertz CT molecular complexity index is 401. The largest absolute Gasteiger partial charge is 0.376 e. The lowest BCUT2D eigenvalue weighted by Gasteiger charge is -2.28. The molecule has 0 amide bonds. The van der Waals surface area contributed by atoms with Crippen LogP contribution in [-0.4, -0.2) is 48.0 Å². The predicted octanol–water partition coefficient (Wildman–Crippen LogP) is 1.67. The Labute approximate surface area is 119 Å². The minimum absolute atomic E-state index is 0.0565. The summed E-state index contributed by atoms with van der Waals surface area (Å²) in [7, 11) is 4.07. The second-order valence-corrected chi connectivity index (χ2v) is 5.74. The average molecular weight is 287 g/mol. The summed E-state index contributed by atoms with van der Waals surface area (Å²) >= 11 is 6.24. The Morgan fingerprint density at radius 1 is 1.58 bits per heavy atom. The summed E-state index contributed by atoms with van der Waals surface area (Å²) in [6.45, 7) is 2.49. The summed E-state index contributed by atoms with van der Waals surface area (Å²) < 4.78 is 7.67. The number of nitrogens with zero attached hydrogens (tertiary/aromatic N) is 3. The molecule has 5 nitrogen and oxygen atoms in total. The summed E-state index contributed by atoms with van der Waals surface area (Å²) in [5.41, 5.74) is 7.24. The fraction of sp³-hybridized carbons (Fsp3) is 0.769. The third-order valence-corrected chi connectivity index (χ3v) is 3.81. The lowest BCUT2D eigenvalue weighted by Crippen LogP contribution is -2.34. The number of ether oxygens (including phenoxy) is 1. The third-order valence-electron chi connectivity index (χ3n) is 3.52. The molecule has 1 aromatic heterocycles. The van der Waals surface area contributed by atoms with Crippen LogP contribution in [0.4, 0.5) is 0 Å². The van der Waals surface area contributed by atoms with E-state index in [0.717, 1.165) is 38.2 Å². The van der Waals surface area contributed by atoms with Crippen molar-refractivity contribution in [3.63, 3.8) is 0 Å². The Kier molecular flexibility index (Phi) is 5.21. The maximum atomic E-state index is 6.34. The summed E-state index contributed by atoms with van der Waals surface area (Å²) in [5, 5.41) is 4.97. The molecular weight excluding hydrogens is 264 g/mol. The van der Waals surface area contributed by atoms with Gasteiger partial charge in [-0.05, 0) is 33.4 Å². The van der Waals surface area contributed by atoms with E-state index in [1.54, 1.807) is 6.20 Å². The molecule has 1 aromatic rings. The van der Waals surface area contributed by atoms with Gasteiger partial charge in [-0.3, -0.25) is 4.68 Å². The molecule has 6 heteroatoms. The molecule has 0 radical (unpaired) electrons. The molecule has 2 rings (SSSR count). The molecule has 0 aliphatic carbocycles. The van der Waals surface area contributed by atoms with Crippen molar-refractivity contribution in [3.05, 3.63) is 16.9 Å². The van der Waals surface area contributed by atoms with E-state index in [1.165, 1.54) is 6.42 Å². The number of likely N-dealkylation sites (N-methyl/N-ethyl adjacent to an activating group) is 1. The highest BCUT2D eigenvalue weighted by Gasteiger charge is 2.27. The van der Waals surface area contributed by atoms with E-state index < -0.39 is 0 Å². The van der Waals surface area contributed by atoms with Gasteiger partial charge in [0.25, 0.3) is 0 Å². The van der Waals surface area contributed by atoms with Gasteiger partial charge in [-0.1, -0.05) is 11.6 Å². The smallest absolute Gasteiger partial charge is 0.0835 e. The van der Waals surface area contributed by atoms with Crippen LogP contribution < -0.4 is 5.73 Å². The van der Waals surface area contributed by atoms with Crippen LogP contribution in [-0.2, 0) is 11.3 Å². The van der Waals surface area contributed by atoms with Crippen LogP contribution in [0.2, 0.25) is 5.02 Å². The van der Waals surface area contributed by atoms with E-state index in [2.05, 4.69) is 10.00 Å². The number of nitrogens with two attached hydrogens (primary N) is 1. The van der Waals surface area contributed by atoms with Crippen molar-refractivity contribution in [3.8, 4) is 0 Å². The van der Waals surface area contributed by atoms with E-state index >= 15 is 0 Å². The number of hydrogen-bond donors (Lipinski definition) is 1. The molecule has 2 atom stereocenters. The molecule has 0 bridgehead atoms. The third kappa shape index (κ3) is 3.69. The van der Waals surface area contributed by atoms with Gasteiger partial charge in [-0.2, -0.15) is 5.10 Å². The summed E-state index contributed by atoms with van der Waals surface area (Å²) in [4.78, 5) is 2.11. The quantitative estimate of drug-likeness (QED) is 0.894. The van der Waals surface area contributed by atoms with Gasteiger partial charge in [0, 0.05) is 13.2 Å². The zero-order chi connectivity index (χ0) is 13.8. The lowest BCUT2D eigenvalue weighted by molar-refractivity contribution is -0.00164. The van der Waals surface area contributed by atoms with E-state index in [1.807, 2.05) is 18.8 Å². The first-order valence-corrected chi connectivity index (χ1v) is 7.20. The normalized spacial score (nSPS) is 21.8. The van der Waals surface area contributed by atoms with Crippen molar-refractivity contribution in [1.29, 1.82) is 0 Å². The van der Waals surface area contributed by atoms with Crippen molar-refractivity contribution >= 4 is 11.6 Å². The second kappa shape index (κ2) is 6.70. The number of hydrogen-bond acceptors (Lipinski definition) is 4.